The molecular formula is C15H19NO4. The maximum absolute atomic E-state index is 12.2. The summed E-state index contributed by atoms with van der Waals surface area (Å²) in [7, 11) is 0. The summed E-state index contributed by atoms with van der Waals surface area (Å²) in [6.45, 7) is 2.93. The Labute approximate surface area is 118 Å². The molecule has 0 radical (unpaired) electrons. The van der Waals surface area contributed by atoms with Crippen molar-refractivity contribution >= 4 is 11.9 Å². The average molecular weight is 277 g/mol. The monoisotopic (exact) mass is 277 g/mol. The van der Waals surface area contributed by atoms with Crippen molar-refractivity contribution in [2.24, 2.45) is 5.92 Å². The Kier molecular flexibility index (Phi) is 4.61. The van der Waals surface area contributed by atoms with Crippen LogP contribution < -0.4 is 4.74 Å². The summed E-state index contributed by atoms with van der Waals surface area (Å²) in [5.74, 6) is -0.117. The first-order valence-corrected chi connectivity index (χ1v) is 6.82. The number of ether oxygens (including phenoxy) is 1. The molecule has 1 aromatic carbocycles. The zero-order valence-electron chi connectivity index (χ0n) is 11.5. The smallest absolute Gasteiger partial charge is 0.303 e. The van der Waals surface area contributed by atoms with Crippen molar-refractivity contribution in [3.05, 3.63) is 30.3 Å². The van der Waals surface area contributed by atoms with E-state index in [-0.39, 0.29) is 18.2 Å². The number of carboxylic acids is 1. The van der Waals surface area contributed by atoms with Gasteiger partial charge in [-0.15, -0.1) is 0 Å². The zero-order chi connectivity index (χ0) is 14.5. The maximum atomic E-state index is 12.2. The molecule has 5 nitrogen and oxygen atoms in total. The molecule has 108 valence electrons. The topological polar surface area (TPSA) is 66.8 Å². The van der Waals surface area contributed by atoms with Crippen LogP contribution in [0.2, 0.25) is 0 Å². The van der Waals surface area contributed by atoms with E-state index in [0.717, 1.165) is 0 Å². The first kappa shape index (κ1) is 14.4. The molecule has 0 bridgehead atoms. The van der Waals surface area contributed by atoms with Crippen molar-refractivity contribution in [3.63, 3.8) is 0 Å². The normalized spacial score (nSPS) is 16.4. The number of carbonyl (C=O) groups is 2. The van der Waals surface area contributed by atoms with Crippen LogP contribution in [-0.4, -0.2) is 41.1 Å². The van der Waals surface area contributed by atoms with Crippen LogP contribution in [0.3, 0.4) is 0 Å². The number of para-hydroxylation sites is 1. The Hall–Kier alpha value is -2.04. The molecule has 1 N–H and O–H groups in total. The van der Waals surface area contributed by atoms with Crippen LogP contribution in [0.25, 0.3) is 0 Å². The van der Waals surface area contributed by atoms with E-state index >= 15 is 0 Å². The van der Waals surface area contributed by atoms with Crippen molar-refractivity contribution in [2.45, 2.75) is 25.9 Å². The SMILES string of the molecule is CCC(Oc1ccccc1)C(=O)N1CC(CC(=O)O)C1. The number of nitrogens with zero attached hydrogens (tertiary/aromatic N) is 1. The molecule has 1 aromatic rings. The third-order valence-corrected chi connectivity index (χ3v) is 3.40. The van der Waals surface area contributed by atoms with Gasteiger partial charge < -0.3 is 14.7 Å². The molecule has 1 aliphatic rings. The van der Waals surface area contributed by atoms with E-state index in [0.29, 0.717) is 25.3 Å². The van der Waals surface area contributed by atoms with Crippen LogP contribution in [0.4, 0.5) is 0 Å². The van der Waals surface area contributed by atoms with Gasteiger partial charge in [-0.1, -0.05) is 25.1 Å². The van der Waals surface area contributed by atoms with Crippen molar-refractivity contribution in [1.29, 1.82) is 0 Å². The van der Waals surface area contributed by atoms with Crippen LogP contribution >= 0.6 is 0 Å². The Balaban J connectivity index is 1.86. The fraction of sp³-hybridized carbons (Fsp3) is 0.467. The van der Waals surface area contributed by atoms with Gasteiger partial charge in [-0.25, -0.2) is 0 Å². The second-order valence-electron chi connectivity index (χ2n) is 5.03. The Morgan fingerprint density at radius 2 is 2.00 bits per heavy atom. The van der Waals surface area contributed by atoms with Gasteiger partial charge in [0.1, 0.15) is 5.75 Å². The van der Waals surface area contributed by atoms with Gasteiger partial charge in [-0.05, 0) is 18.6 Å². The van der Waals surface area contributed by atoms with Crippen molar-refractivity contribution in [3.8, 4) is 5.75 Å². The molecule has 1 aliphatic heterocycles. The summed E-state index contributed by atoms with van der Waals surface area (Å²) in [4.78, 5) is 24.5. The molecule has 1 unspecified atom stereocenters. The maximum Gasteiger partial charge on any atom is 0.303 e. The number of benzene rings is 1. The van der Waals surface area contributed by atoms with Crippen molar-refractivity contribution < 1.29 is 19.4 Å². The van der Waals surface area contributed by atoms with Crippen LogP contribution in [0.1, 0.15) is 19.8 Å². The summed E-state index contributed by atoms with van der Waals surface area (Å²) in [6.07, 6.45) is 0.219. The number of aliphatic carboxylic acids is 1. The summed E-state index contributed by atoms with van der Waals surface area (Å²) < 4.78 is 5.69. The number of hydrogen-bond donors (Lipinski definition) is 1. The van der Waals surface area contributed by atoms with Crippen LogP contribution in [0.15, 0.2) is 30.3 Å². The third kappa shape index (κ3) is 3.50. The van der Waals surface area contributed by atoms with E-state index in [1.54, 1.807) is 4.90 Å². The lowest BCUT2D eigenvalue weighted by atomic mass is 9.95. The first-order valence-electron chi connectivity index (χ1n) is 6.82. The molecule has 0 aromatic heterocycles. The fourth-order valence-electron chi connectivity index (χ4n) is 2.30. The minimum atomic E-state index is -0.810. The van der Waals surface area contributed by atoms with Crippen LogP contribution in [-0.2, 0) is 9.59 Å². The summed E-state index contributed by atoms with van der Waals surface area (Å²) in [6, 6.07) is 9.25. The molecule has 2 rings (SSSR count). The second kappa shape index (κ2) is 6.41. The van der Waals surface area contributed by atoms with Gasteiger partial charge in [0.15, 0.2) is 6.10 Å². The molecule has 0 aliphatic carbocycles. The third-order valence-electron chi connectivity index (χ3n) is 3.40. The lowest BCUT2D eigenvalue weighted by Crippen LogP contribution is -2.54. The molecule has 0 spiro atoms. The number of carbonyl (C=O) groups excluding carboxylic acids is 1. The summed E-state index contributed by atoms with van der Waals surface area (Å²) in [5, 5.41) is 8.70. The average Bonchev–Trinajstić information content (AvgIpc) is 2.40. The van der Waals surface area contributed by atoms with Gasteiger partial charge in [0.2, 0.25) is 0 Å². The largest absolute Gasteiger partial charge is 0.481 e. The highest BCUT2D eigenvalue weighted by atomic mass is 16.5. The van der Waals surface area contributed by atoms with E-state index < -0.39 is 12.1 Å². The van der Waals surface area contributed by atoms with E-state index in [4.69, 9.17) is 9.84 Å². The predicted molar refractivity (Wildman–Crippen MR) is 73.5 cm³/mol. The highest BCUT2D eigenvalue weighted by Gasteiger charge is 2.35. The van der Waals surface area contributed by atoms with Crippen molar-refractivity contribution in [1.82, 2.24) is 4.90 Å². The van der Waals surface area contributed by atoms with Gasteiger partial charge in [-0.2, -0.15) is 0 Å². The van der Waals surface area contributed by atoms with Gasteiger partial charge in [0.05, 0.1) is 6.42 Å². The molecular weight excluding hydrogens is 258 g/mol. The lowest BCUT2D eigenvalue weighted by molar-refractivity contribution is -0.149. The zero-order valence-corrected chi connectivity index (χ0v) is 11.5. The minimum absolute atomic E-state index is 0.0574. The molecule has 1 saturated heterocycles. The van der Waals surface area contributed by atoms with Gasteiger partial charge >= 0.3 is 5.97 Å². The minimum Gasteiger partial charge on any atom is -0.481 e. The number of amides is 1. The number of rotatable bonds is 6. The standard InChI is InChI=1S/C15H19NO4/c1-2-13(20-12-6-4-3-5-7-12)15(19)16-9-11(10-16)8-14(17)18/h3-7,11,13H,2,8-10H2,1H3,(H,17,18). The van der Waals surface area contributed by atoms with E-state index in [9.17, 15) is 9.59 Å². The molecule has 0 saturated carbocycles. The van der Waals surface area contributed by atoms with E-state index in [1.807, 2.05) is 37.3 Å². The molecule has 1 amide bonds. The summed E-state index contributed by atoms with van der Waals surface area (Å²) in [5.41, 5.74) is 0. The highest BCUT2D eigenvalue weighted by molar-refractivity contribution is 5.82. The van der Waals surface area contributed by atoms with E-state index in [2.05, 4.69) is 0 Å². The fourth-order valence-corrected chi connectivity index (χ4v) is 2.30. The van der Waals surface area contributed by atoms with Gasteiger partial charge in [-0.3, -0.25) is 9.59 Å². The molecule has 5 heteroatoms. The predicted octanol–water partition coefficient (Wildman–Crippen LogP) is 1.78. The van der Waals surface area contributed by atoms with Crippen molar-refractivity contribution in [2.75, 3.05) is 13.1 Å². The van der Waals surface area contributed by atoms with Gasteiger partial charge in [0, 0.05) is 19.0 Å². The molecule has 20 heavy (non-hydrogen) atoms. The number of hydrogen-bond acceptors (Lipinski definition) is 3. The summed E-state index contributed by atoms with van der Waals surface area (Å²) >= 11 is 0. The Morgan fingerprint density at radius 1 is 1.35 bits per heavy atom. The molecule has 1 fully saturated rings. The molecule has 1 atom stereocenters. The van der Waals surface area contributed by atoms with Crippen LogP contribution in [0.5, 0.6) is 5.75 Å². The number of carboxylic acid groups (broad SMARTS) is 1. The Morgan fingerprint density at radius 3 is 2.55 bits per heavy atom. The number of likely N-dealkylation sites (tertiary alicyclic amines) is 1. The second-order valence-corrected chi connectivity index (χ2v) is 5.03. The van der Waals surface area contributed by atoms with E-state index in [1.165, 1.54) is 0 Å². The molecule has 1 heterocycles. The lowest BCUT2D eigenvalue weighted by Gasteiger charge is -2.40. The highest BCUT2D eigenvalue weighted by Crippen LogP contribution is 2.22. The quantitative estimate of drug-likeness (QED) is 0.860. The Bertz CT molecular complexity index is 468. The van der Waals surface area contributed by atoms with Crippen LogP contribution in [0, 0.1) is 5.92 Å². The first-order chi connectivity index (χ1) is 9.60. The van der Waals surface area contributed by atoms with Gasteiger partial charge in [0.25, 0.3) is 5.91 Å².